The minimum atomic E-state index is -0.365. The van der Waals surface area contributed by atoms with Gasteiger partial charge in [0.1, 0.15) is 5.75 Å². The molecule has 0 bridgehead atoms. The Hall–Kier alpha value is -3.93. The van der Waals surface area contributed by atoms with Gasteiger partial charge in [-0.25, -0.2) is 0 Å². The Morgan fingerprint density at radius 3 is 2.12 bits per heavy atom. The van der Waals surface area contributed by atoms with Crippen LogP contribution < -0.4 is 10.1 Å². The van der Waals surface area contributed by atoms with Gasteiger partial charge < -0.3 is 15.0 Å². The van der Waals surface area contributed by atoms with Crippen LogP contribution in [0.25, 0.3) is 0 Å². The fourth-order valence-corrected chi connectivity index (χ4v) is 3.66. The average molecular weight is 428 g/mol. The molecule has 1 heterocycles. The maximum absolute atomic E-state index is 12.7. The molecule has 0 aliphatic carbocycles. The third-order valence-corrected chi connectivity index (χ3v) is 5.35. The maximum Gasteiger partial charge on any atom is 0.262 e. The molecule has 0 aromatic heterocycles. The molecular formula is C26H24N2O4. The van der Waals surface area contributed by atoms with Gasteiger partial charge in [0, 0.05) is 24.2 Å². The Morgan fingerprint density at radius 1 is 0.781 bits per heavy atom. The molecule has 1 N–H and O–H groups in total. The van der Waals surface area contributed by atoms with Crippen LogP contribution in [0.2, 0.25) is 0 Å². The van der Waals surface area contributed by atoms with Gasteiger partial charge >= 0.3 is 0 Å². The second-order valence-corrected chi connectivity index (χ2v) is 7.60. The van der Waals surface area contributed by atoms with Crippen molar-refractivity contribution in [2.24, 2.45) is 0 Å². The highest BCUT2D eigenvalue weighted by molar-refractivity contribution is 6.09. The number of rotatable bonds is 7. The Morgan fingerprint density at radius 2 is 1.41 bits per heavy atom. The molecule has 0 saturated carbocycles. The van der Waals surface area contributed by atoms with Gasteiger partial charge in [-0.15, -0.1) is 0 Å². The number of para-hydroxylation sites is 1. The highest BCUT2D eigenvalue weighted by Gasteiger charge is 2.22. The normalized spacial score (nSPS) is 12.9. The van der Waals surface area contributed by atoms with Crippen LogP contribution in [0.5, 0.6) is 5.75 Å². The van der Waals surface area contributed by atoms with Gasteiger partial charge in [-0.2, -0.15) is 0 Å². The lowest BCUT2D eigenvalue weighted by atomic mass is 10.0. The van der Waals surface area contributed by atoms with E-state index < -0.39 is 0 Å². The summed E-state index contributed by atoms with van der Waals surface area (Å²) in [5, 5.41) is 2.77. The number of nitrogens with one attached hydrogen (secondary N) is 1. The summed E-state index contributed by atoms with van der Waals surface area (Å²) in [6.45, 7) is 1.28. The zero-order valence-corrected chi connectivity index (χ0v) is 17.6. The van der Waals surface area contributed by atoms with E-state index in [1.165, 1.54) is 0 Å². The monoisotopic (exact) mass is 428 g/mol. The number of carbonyl (C=O) groups excluding carboxylic acids is 3. The summed E-state index contributed by atoms with van der Waals surface area (Å²) in [4.78, 5) is 39.4. The predicted molar refractivity (Wildman–Crippen MR) is 122 cm³/mol. The Balaban J connectivity index is 1.35. The third kappa shape index (κ3) is 5.03. The maximum atomic E-state index is 12.7. The SMILES string of the molecule is O=C(COc1ccc(C(=O)c2ccccc2)cc1)Nc1ccccc1C(=O)N1CCCC1. The number of anilines is 1. The molecule has 1 saturated heterocycles. The van der Waals surface area contributed by atoms with E-state index in [0.29, 0.717) is 28.1 Å². The Labute approximate surface area is 186 Å². The van der Waals surface area contributed by atoms with E-state index in [-0.39, 0.29) is 24.2 Å². The quantitative estimate of drug-likeness (QED) is 0.573. The molecule has 4 rings (SSSR count). The summed E-state index contributed by atoms with van der Waals surface area (Å²) in [6.07, 6.45) is 2.01. The summed E-state index contributed by atoms with van der Waals surface area (Å²) in [6, 6.07) is 22.7. The lowest BCUT2D eigenvalue weighted by molar-refractivity contribution is -0.118. The fourth-order valence-electron chi connectivity index (χ4n) is 3.66. The van der Waals surface area contributed by atoms with Gasteiger partial charge in [0.15, 0.2) is 12.4 Å². The van der Waals surface area contributed by atoms with Crippen LogP contribution in [-0.2, 0) is 4.79 Å². The summed E-state index contributed by atoms with van der Waals surface area (Å²) in [7, 11) is 0. The van der Waals surface area contributed by atoms with E-state index in [0.717, 1.165) is 25.9 Å². The van der Waals surface area contributed by atoms with Gasteiger partial charge in [0.25, 0.3) is 11.8 Å². The van der Waals surface area contributed by atoms with Crippen molar-refractivity contribution in [2.75, 3.05) is 25.0 Å². The summed E-state index contributed by atoms with van der Waals surface area (Å²) < 4.78 is 5.56. The van der Waals surface area contributed by atoms with Gasteiger partial charge in [-0.1, -0.05) is 42.5 Å². The molecule has 6 heteroatoms. The van der Waals surface area contributed by atoms with Crippen molar-refractivity contribution < 1.29 is 19.1 Å². The van der Waals surface area contributed by atoms with Crippen molar-refractivity contribution in [1.29, 1.82) is 0 Å². The van der Waals surface area contributed by atoms with Crippen LogP contribution in [0.1, 0.15) is 39.1 Å². The average Bonchev–Trinajstić information content (AvgIpc) is 3.38. The third-order valence-electron chi connectivity index (χ3n) is 5.35. The van der Waals surface area contributed by atoms with Crippen molar-refractivity contribution in [3.63, 3.8) is 0 Å². The van der Waals surface area contributed by atoms with E-state index >= 15 is 0 Å². The molecule has 0 unspecified atom stereocenters. The molecule has 32 heavy (non-hydrogen) atoms. The summed E-state index contributed by atoms with van der Waals surface area (Å²) in [5.41, 5.74) is 2.11. The number of hydrogen-bond donors (Lipinski definition) is 1. The first-order valence-corrected chi connectivity index (χ1v) is 10.6. The predicted octanol–water partition coefficient (Wildman–Crippen LogP) is 4.17. The van der Waals surface area contributed by atoms with Crippen LogP contribution in [0.15, 0.2) is 78.9 Å². The Kier molecular flexibility index (Phi) is 6.60. The number of amides is 2. The van der Waals surface area contributed by atoms with Crippen molar-refractivity contribution in [3.05, 3.63) is 95.6 Å². The lowest BCUT2D eigenvalue weighted by Gasteiger charge is -2.18. The van der Waals surface area contributed by atoms with Crippen LogP contribution in [0.3, 0.4) is 0 Å². The number of hydrogen-bond acceptors (Lipinski definition) is 4. The second kappa shape index (κ2) is 9.92. The van der Waals surface area contributed by atoms with E-state index in [1.807, 2.05) is 18.2 Å². The summed E-state index contributed by atoms with van der Waals surface area (Å²) in [5.74, 6) is -0.0329. The number of nitrogens with zero attached hydrogens (tertiary/aromatic N) is 1. The van der Waals surface area contributed by atoms with Crippen molar-refractivity contribution in [1.82, 2.24) is 4.90 Å². The molecule has 0 radical (unpaired) electrons. The lowest BCUT2D eigenvalue weighted by Crippen LogP contribution is -2.29. The topological polar surface area (TPSA) is 75.7 Å². The van der Waals surface area contributed by atoms with Crippen molar-refractivity contribution in [3.8, 4) is 5.75 Å². The van der Waals surface area contributed by atoms with E-state index in [9.17, 15) is 14.4 Å². The van der Waals surface area contributed by atoms with Crippen molar-refractivity contribution in [2.45, 2.75) is 12.8 Å². The van der Waals surface area contributed by atoms with Gasteiger partial charge in [-0.3, -0.25) is 14.4 Å². The smallest absolute Gasteiger partial charge is 0.262 e. The van der Waals surface area contributed by atoms with E-state index in [4.69, 9.17) is 4.74 Å². The molecule has 2 amide bonds. The molecule has 0 spiro atoms. The molecular weight excluding hydrogens is 404 g/mol. The van der Waals surface area contributed by atoms with Crippen LogP contribution >= 0.6 is 0 Å². The molecule has 6 nitrogen and oxygen atoms in total. The first-order valence-electron chi connectivity index (χ1n) is 10.6. The minimum Gasteiger partial charge on any atom is -0.484 e. The first kappa shape index (κ1) is 21.3. The standard InChI is InChI=1S/C26H24N2O4/c29-24(27-23-11-5-4-10-22(23)26(31)28-16-6-7-17-28)18-32-21-14-12-20(13-15-21)25(30)19-8-2-1-3-9-19/h1-5,8-15H,6-7,16-18H2,(H,27,29). The largest absolute Gasteiger partial charge is 0.484 e. The Bertz CT molecular complexity index is 1100. The van der Waals surface area contributed by atoms with Crippen molar-refractivity contribution >= 4 is 23.3 Å². The highest BCUT2D eigenvalue weighted by Crippen LogP contribution is 2.20. The number of ketones is 1. The van der Waals surface area contributed by atoms with E-state index in [1.54, 1.807) is 65.6 Å². The molecule has 3 aromatic carbocycles. The number of likely N-dealkylation sites (tertiary alicyclic amines) is 1. The zero-order valence-electron chi connectivity index (χ0n) is 17.6. The summed E-state index contributed by atoms with van der Waals surface area (Å²) >= 11 is 0. The zero-order chi connectivity index (χ0) is 22.3. The first-order chi connectivity index (χ1) is 15.6. The highest BCUT2D eigenvalue weighted by atomic mass is 16.5. The number of carbonyl (C=O) groups is 3. The molecule has 1 aliphatic heterocycles. The molecule has 0 atom stereocenters. The number of ether oxygens (including phenoxy) is 1. The molecule has 162 valence electrons. The number of benzene rings is 3. The second-order valence-electron chi connectivity index (χ2n) is 7.60. The van der Waals surface area contributed by atoms with Gasteiger partial charge in [0.2, 0.25) is 0 Å². The minimum absolute atomic E-state index is 0.0713. The van der Waals surface area contributed by atoms with Crippen LogP contribution in [-0.4, -0.2) is 42.2 Å². The van der Waals surface area contributed by atoms with Gasteiger partial charge in [0.05, 0.1) is 11.3 Å². The van der Waals surface area contributed by atoms with E-state index in [2.05, 4.69) is 5.32 Å². The van der Waals surface area contributed by atoms with Crippen LogP contribution in [0.4, 0.5) is 5.69 Å². The molecule has 3 aromatic rings. The van der Waals surface area contributed by atoms with Crippen LogP contribution in [0, 0.1) is 0 Å². The van der Waals surface area contributed by atoms with Gasteiger partial charge in [-0.05, 0) is 49.2 Å². The molecule has 1 fully saturated rings. The molecule has 1 aliphatic rings. The fraction of sp³-hybridized carbons (Fsp3) is 0.192.